The molecule has 0 heterocycles. The zero-order valence-corrected chi connectivity index (χ0v) is 21.5. The van der Waals surface area contributed by atoms with Crippen LogP contribution in [0.4, 0.5) is 0 Å². The molecule has 1 amide bonds. The fourth-order valence-corrected chi connectivity index (χ4v) is 9.48. The molecule has 182 valence electrons. The number of hydrogen-bond acceptors (Lipinski definition) is 4. The minimum atomic E-state index is -3.92. The zero-order chi connectivity index (χ0) is 24.3. The summed E-state index contributed by atoms with van der Waals surface area (Å²) in [5, 5.41) is 0.383. The van der Waals surface area contributed by atoms with E-state index in [1.807, 2.05) is 0 Å². The lowest BCUT2D eigenvalue weighted by Gasteiger charge is -2.59. The van der Waals surface area contributed by atoms with E-state index < -0.39 is 21.0 Å². The summed E-state index contributed by atoms with van der Waals surface area (Å²) >= 11 is 6.19. The van der Waals surface area contributed by atoms with Gasteiger partial charge in [-0.2, -0.15) is 4.31 Å². The number of carbonyl (C=O) groups is 2. The van der Waals surface area contributed by atoms with Crippen LogP contribution in [0.3, 0.4) is 0 Å². The second-order valence-electron chi connectivity index (χ2n) is 11.0. The Kier molecular flexibility index (Phi) is 6.24. The standard InChI is InChI=1S/C25H35ClN2O4S/c1-5-28(33(31,32)21-8-6-7-20(26)15(21)2)24(3,4)22(29)11-19-17-9-16-10-18(19)14-25(12-16,13-17)23(27)30/h6-8,16-19H,5,9-14H2,1-4H3,(H2,27,30). The van der Waals surface area contributed by atoms with Gasteiger partial charge in [0.1, 0.15) is 0 Å². The summed E-state index contributed by atoms with van der Waals surface area (Å²) in [6.07, 6.45) is 4.85. The van der Waals surface area contributed by atoms with Crippen LogP contribution in [-0.2, 0) is 19.6 Å². The minimum absolute atomic E-state index is 0.0711. The molecule has 0 saturated heterocycles. The van der Waals surface area contributed by atoms with Gasteiger partial charge in [-0.25, -0.2) is 8.42 Å². The van der Waals surface area contributed by atoms with Crippen LogP contribution in [0.25, 0.3) is 0 Å². The molecule has 0 aromatic heterocycles. The van der Waals surface area contributed by atoms with Gasteiger partial charge < -0.3 is 5.73 Å². The second-order valence-corrected chi connectivity index (χ2v) is 13.2. The summed E-state index contributed by atoms with van der Waals surface area (Å²) in [7, 11) is -3.92. The first-order valence-electron chi connectivity index (χ1n) is 11.9. The molecule has 5 rings (SSSR count). The van der Waals surface area contributed by atoms with Crippen molar-refractivity contribution in [2.24, 2.45) is 34.8 Å². The molecule has 0 radical (unpaired) electrons. The molecule has 0 spiro atoms. The van der Waals surface area contributed by atoms with Crippen molar-refractivity contribution in [3.05, 3.63) is 28.8 Å². The van der Waals surface area contributed by atoms with E-state index in [0.29, 0.717) is 34.8 Å². The second kappa shape index (κ2) is 8.35. The van der Waals surface area contributed by atoms with Gasteiger partial charge in [-0.3, -0.25) is 9.59 Å². The summed E-state index contributed by atoms with van der Waals surface area (Å²) < 4.78 is 28.5. The van der Waals surface area contributed by atoms with Crippen LogP contribution in [0, 0.1) is 36.0 Å². The lowest BCUT2D eigenvalue weighted by molar-refractivity contribution is -0.152. The Morgan fingerprint density at radius 3 is 2.33 bits per heavy atom. The Morgan fingerprint density at radius 1 is 1.18 bits per heavy atom. The fraction of sp³-hybridized carbons (Fsp3) is 0.680. The van der Waals surface area contributed by atoms with Crippen LogP contribution in [-0.4, -0.2) is 36.5 Å². The molecule has 1 aromatic carbocycles. The summed E-state index contributed by atoms with van der Waals surface area (Å²) in [4.78, 5) is 26.1. The molecule has 4 aliphatic carbocycles. The average Bonchev–Trinajstić information content (AvgIpc) is 2.71. The van der Waals surface area contributed by atoms with Gasteiger partial charge in [0.2, 0.25) is 15.9 Å². The van der Waals surface area contributed by atoms with Crippen LogP contribution >= 0.6 is 11.6 Å². The molecule has 0 aliphatic heterocycles. The van der Waals surface area contributed by atoms with E-state index in [1.165, 1.54) is 4.31 Å². The number of benzene rings is 1. The third-order valence-corrected chi connectivity index (χ3v) is 11.5. The maximum Gasteiger partial charge on any atom is 0.244 e. The summed E-state index contributed by atoms with van der Waals surface area (Å²) in [5.41, 5.74) is 4.70. The number of ketones is 1. The Balaban J connectivity index is 1.58. The van der Waals surface area contributed by atoms with Crippen molar-refractivity contribution < 1.29 is 18.0 Å². The van der Waals surface area contributed by atoms with E-state index in [9.17, 15) is 18.0 Å². The van der Waals surface area contributed by atoms with Crippen molar-refractivity contribution in [2.45, 2.75) is 76.7 Å². The van der Waals surface area contributed by atoms with Crippen LogP contribution in [0.5, 0.6) is 0 Å². The normalized spacial score (nSPS) is 31.2. The van der Waals surface area contributed by atoms with Crippen molar-refractivity contribution >= 4 is 33.3 Å². The molecule has 4 bridgehead atoms. The molecule has 4 saturated carbocycles. The molecule has 2 unspecified atom stereocenters. The highest BCUT2D eigenvalue weighted by atomic mass is 35.5. The van der Waals surface area contributed by atoms with Gasteiger partial charge in [0.25, 0.3) is 0 Å². The van der Waals surface area contributed by atoms with Gasteiger partial charge in [0, 0.05) is 23.4 Å². The van der Waals surface area contributed by atoms with Gasteiger partial charge in [0.15, 0.2) is 5.78 Å². The smallest absolute Gasteiger partial charge is 0.244 e. The number of sulfonamides is 1. The lowest BCUT2D eigenvalue weighted by atomic mass is 9.45. The predicted octanol–water partition coefficient (Wildman–Crippen LogP) is 4.32. The molecule has 33 heavy (non-hydrogen) atoms. The number of nitrogens with zero attached hydrogens (tertiary/aromatic N) is 1. The molecule has 2 atom stereocenters. The van der Waals surface area contributed by atoms with Crippen LogP contribution in [0.15, 0.2) is 23.1 Å². The third kappa shape index (κ3) is 3.94. The van der Waals surface area contributed by atoms with Gasteiger partial charge in [0.05, 0.1) is 10.4 Å². The van der Waals surface area contributed by atoms with Crippen LogP contribution < -0.4 is 5.73 Å². The van der Waals surface area contributed by atoms with E-state index in [0.717, 1.165) is 32.1 Å². The van der Waals surface area contributed by atoms with Crippen molar-refractivity contribution in [2.75, 3.05) is 6.54 Å². The van der Waals surface area contributed by atoms with E-state index in [-0.39, 0.29) is 29.0 Å². The summed E-state index contributed by atoms with van der Waals surface area (Å²) in [5.74, 6) is 1.07. The van der Waals surface area contributed by atoms with Crippen LogP contribution in [0.1, 0.15) is 64.9 Å². The van der Waals surface area contributed by atoms with Crippen molar-refractivity contribution in [1.29, 1.82) is 0 Å². The average molecular weight is 495 g/mol. The van der Waals surface area contributed by atoms with E-state index in [4.69, 9.17) is 17.3 Å². The molecule has 6 nitrogen and oxygen atoms in total. The molecule has 2 N–H and O–H groups in total. The maximum absolute atomic E-state index is 13.7. The Hall–Kier alpha value is -1.44. The van der Waals surface area contributed by atoms with Gasteiger partial charge in [-0.05, 0) is 94.2 Å². The Bertz CT molecular complexity index is 1070. The Morgan fingerprint density at radius 2 is 1.79 bits per heavy atom. The Labute approximate surface area is 202 Å². The van der Waals surface area contributed by atoms with E-state index in [2.05, 4.69) is 0 Å². The molecule has 4 aliphatic rings. The number of primary amides is 1. The van der Waals surface area contributed by atoms with E-state index >= 15 is 0 Å². The van der Waals surface area contributed by atoms with Gasteiger partial charge in [-0.1, -0.05) is 24.6 Å². The number of Topliss-reactive ketones (excluding diaryl/α,β-unsaturated/α-hetero) is 1. The molecule has 8 heteroatoms. The minimum Gasteiger partial charge on any atom is -0.369 e. The molecule has 4 fully saturated rings. The third-order valence-electron chi connectivity index (χ3n) is 8.79. The number of nitrogens with two attached hydrogens (primary N) is 1. The van der Waals surface area contributed by atoms with E-state index in [1.54, 1.807) is 45.9 Å². The maximum atomic E-state index is 13.7. The fourth-order valence-electron chi connectivity index (χ4n) is 7.22. The number of halogens is 1. The molecular weight excluding hydrogens is 460 g/mol. The quantitative estimate of drug-likeness (QED) is 0.581. The lowest BCUT2D eigenvalue weighted by Crippen LogP contribution is -2.58. The number of likely N-dealkylation sites (N-methyl/N-ethyl adjacent to an activating group) is 1. The number of rotatable bonds is 8. The summed E-state index contributed by atoms with van der Waals surface area (Å²) in [6, 6.07) is 4.82. The van der Waals surface area contributed by atoms with Crippen molar-refractivity contribution in [3.63, 3.8) is 0 Å². The highest BCUT2D eigenvalue weighted by Gasteiger charge is 2.58. The topological polar surface area (TPSA) is 97.5 Å². The molecule has 1 aromatic rings. The monoisotopic (exact) mass is 494 g/mol. The van der Waals surface area contributed by atoms with Gasteiger partial charge in [-0.15, -0.1) is 0 Å². The summed E-state index contributed by atoms with van der Waals surface area (Å²) in [6.45, 7) is 7.03. The predicted molar refractivity (Wildman–Crippen MR) is 128 cm³/mol. The first-order chi connectivity index (χ1) is 15.3. The molecular formula is C25H35ClN2O4S. The number of hydrogen-bond donors (Lipinski definition) is 1. The zero-order valence-electron chi connectivity index (χ0n) is 19.9. The first-order valence-corrected chi connectivity index (χ1v) is 13.8. The SMILES string of the molecule is CCN(C(C)(C)C(=O)CC1C2CC3CC1CC(C(N)=O)(C3)C2)S(=O)(=O)c1cccc(Cl)c1C. The highest BCUT2D eigenvalue weighted by molar-refractivity contribution is 7.89. The largest absolute Gasteiger partial charge is 0.369 e. The number of carbonyl (C=O) groups excluding carboxylic acids is 2. The van der Waals surface area contributed by atoms with Crippen molar-refractivity contribution in [1.82, 2.24) is 4.31 Å². The number of amides is 1. The highest BCUT2D eigenvalue weighted by Crippen LogP contribution is 2.63. The van der Waals surface area contributed by atoms with Gasteiger partial charge >= 0.3 is 0 Å². The van der Waals surface area contributed by atoms with Crippen molar-refractivity contribution in [3.8, 4) is 0 Å². The van der Waals surface area contributed by atoms with Crippen LogP contribution in [0.2, 0.25) is 5.02 Å². The first kappa shape index (κ1) is 24.7.